The molecule has 6 N–H and O–H groups in total. The van der Waals surface area contributed by atoms with Gasteiger partial charge in [0.05, 0.1) is 0 Å². The first-order valence-corrected chi connectivity index (χ1v) is 14.7. The van der Waals surface area contributed by atoms with Crippen molar-refractivity contribution < 1.29 is 34.4 Å². The second-order valence-electron chi connectivity index (χ2n) is 10.3. The summed E-state index contributed by atoms with van der Waals surface area (Å²) in [6, 6.07) is 21.9. The summed E-state index contributed by atoms with van der Waals surface area (Å²) < 4.78 is 6.88. The van der Waals surface area contributed by atoms with Gasteiger partial charge >= 0.3 is 4.87 Å². The maximum atomic E-state index is 14.4. The number of fused-ring (bicyclic) bond motifs is 1. The van der Waals surface area contributed by atoms with E-state index in [2.05, 4.69) is 9.97 Å². The Labute approximate surface area is 263 Å². The minimum absolute atomic E-state index is 0.0108. The highest BCUT2D eigenvalue weighted by Gasteiger charge is 2.76. The monoisotopic (exact) mass is 644 g/mol. The van der Waals surface area contributed by atoms with Gasteiger partial charge in [0, 0.05) is 16.7 Å². The minimum atomic E-state index is -3.35. The number of nitrogens with one attached hydrogen (secondary N) is 1. The van der Waals surface area contributed by atoms with Gasteiger partial charge in [-0.3, -0.25) is 23.7 Å². The predicted octanol–water partition coefficient (Wildman–Crippen LogP) is 2.47. The topological polar surface area (TPSA) is 198 Å². The molecular formula is C31H24N4O8S2. The molecule has 1 aliphatic heterocycles. The largest absolute Gasteiger partial charge is 0.382 e. The van der Waals surface area contributed by atoms with Crippen LogP contribution in [0, 0.1) is 4.64 Å². The van der Waals surface area contributed by atoms with Crippen LogP contribution in [-0.4, -0.2) is 70.6 Å². The first-order chi connectivity index (χ1) is 21.5. The zero-order chi connectivity index (χ0) is 32.1. The number of thiazole rings is 1. The molecule has 2 aromatic heterocycles. The number of aromatic nitrogens is 3. The lowest BCUT2D eigenvalue weighted by atomic mass is 9.69. The molecule has 1 aliphatic rings. The molecular weight excluding hydrogens is 620 g/mol. The molecule has 0 aliphatic carbocycles. The van der Waals surface area contributed by atoms with Gasteiger partial charge in [-0.25, -0.2) is 0 Å². The number of ether oxygens (including phenoxy) is 1. The zero-order valence-electron chi connectivity index (χ0n) is 23.1. The van der Waals surface area contributed by atoms with E-state index in [4.69, 9.17) is 22.7 Å². The van der Waals surface area contributed by atoms with Crippen LogP contribution in [0.25, 0.3) is 10.3 Å². The zero-order valence-corrected chi connectivity index (χ0v) is 24.7. The molecule has 1 saturated heterocycles. The van der Waals surface area contributed by atoms with Gasteiger partial charge in [-0.05, 0) is 0 Å². The molecule has 0 bridgehead atoms. The third kappa shape index (κ3) is 4.66. The number of H-pyrrole nitrogens is 1. The van der Waals surface area contributed by atoms with E-state index in [-0.39, 0.29) is 37.6 Å². The maximum Gasteiger partial charge on any atom is 0.311 e. The summed E-state index contributed by atoms with van der Waals surface area (Å²) in [6.07, 6.45) is -6.80. The lowest BCUT2D eigenvalue weighted by Crippen LogP contribution is -2.69. The maximum absolute atomic E-state index is 14.4. The summed E-state index contributed by atoms with van der Waals surface area (Å²) in [7, 11) is 0. The number of aliphatic hydroxyl groups excluding tert-OH is 1. The van der Waals surface area contributed by atoms with E-state index in [0.717, 1.165) is 4.57 Å². The molecule has 3 heterocycles. The number of nitrogens with two attached hydrogens (primary N) is 1. The fraction of sp³-hybridized carbons (Fsp3) is 0.161. The van der Waals surface area contributed by atoms with E-state index >= 15 is 0 Å². The Bertz CT molecular complexity index is 2070. The Balaban J connectivity index is 1.66. The summed E-state index contributed by atoms with van der Waals surface area (Å²) in [4.78, 5) is 61.8. The molecule has 3 aromatic carbocycles. The Kier molecular flexibility index (Phi) is 7.64. The summed E-state index contributed by atoms with van der Waals surface area (Å²) in [5.74, 6) is -3.69. The molecule has 12 nitrogen and oxygen atoms in total. The summed E-state index contributed by atoms with van der Waals surface area (Å²) in [5, 5.41) is 36.8. The number of Topliss-reactive ketones (excluding diaryl/α,β-unsaturated/α-hetero) is 3. The number of ketones is 3. The van der Waals surface area contributed by atoms with Gasteiger partial charge in [0.15, 0.2) is 23.3 Å². The molecule has 5 atom stereocenters. The summed E-state index contributed by atoms with van der Waals surface area (Å²) in [5.41, 5.74) is -1.40. The molecule has 228 valence electrons. The second kappa shape index (κ2) is 11.3. The van der Waals surface area contributed by atoms with E-state index in [0.29, 0.717) is 11.3 Å². The van der Waals surface area contributed by atoms with Crippen molar-refractivity contribution in [2.24, 2.45) is 0 Å². The van der Waals surface area contributed by atoms with Crippen LogP contribution in [0.4, 0.5) is 5.95 Å². The number of anilines is 1. The van der Waals surface area contributed by atoms with Gasteiger partial charge in [-0.1, -0.05) is 115 Å². The number of rotatable bonds is 8. The quantitative estimate of drug-likeness (QED) is 0.123. The van der Waals surface area contributed by atoms with E-state index in [1.54, 1.807) is 18.2 Å². The smallest absolute Gasteiger partial charge is 0.311 e. The molecule has 0 spiro atoms. The molecule has 6 rings (SSSR count). The van der Waals surface area contributed by atoms with Crippen molar-refractivity contribution >= 4 is 57.2 Å². The molecule has 5 aromatic rings. The lowest BCUT2D eigenvalue weighted by molar-refractivity contribution is -0.108. The van der Waals surface area contributed by atoms with Gasteiger partial charge in [0.2, 0.25) is 23.1 Å². The van der Waals surface area contributed by atoms with E-state index in [1.807, 2.05) is 0 Å². The highest BCUT2D eigenvalue weighted by molar-refractivity contribution is 7.71. The third-order valence-corrected chi connectivity index (χ3v) is 9.13. The first kappa shape index (κ1) is 30.3. The van der Waals surface area contributed by atoms with E-state index < -0.39 is 51.9 Å². The first-order valence-electron chi connectivity index (χ1n) is 13.5. The summed E-state index contributed by atoms with van der Waals surface area (Å²) >= 11 is 5.88. The molecule has 1 fully saturated rings. The highest BCUT2D eigenvalue weighted by Crippen LogP contribution is 2.51. The van der Waals surface area contributed by atoms with Crippen molar-refractivity contribution in [2.45, 2.75) is 29.6 Å². The number of aromatic amines is 1. The predicted molar refractivity (Wildman–Crippen MR) is 166 cm³/mol. The van der Waals surface area contributed by atoms with Crippen LogP contribution in [0.2, 0.25) is 0 Å². The Hall–Kier alpha value is -4.70. The number of carbonyl (C=O) groups is 3. The molecule has 1 unspecified atom stereocenters. The molecule has 0 saturated carbocycles. The number of carbonyl (C=O) groups excluding carboxylic acids is 3. The van der Waals surface area contributed by atoms with Gasteiger partial charge in [0.25, 0.3) is 0 Å². The number of benzene rings is 3. The van der Waals surface area contributed by atoms with Crippen molar-refractivity contribution in [1.29, 1.82) is 0 Å². The van der Waals surface area contributed by atoms with Crippen molar-refractivity contribution in [2.75, 3.05) is 5.73 Å². The average molecular weight is 645 g/mol. The van der Waals surface area contributed by atoms with Crippen LogP contribution in [0.1, 0.15) is 37.3 Å². The Morgan fingerprint density at radius 2 is 1.38 bits per heavy atom. The standard InChI is InChI=1S/C31H24N4O8S2/c32-28-33-25-21(26(44)34-28)45-29(40)35(25)27-31(42,23(39)18-14-8-3-9-15-18)30(41,22(38)17-12-6-2-7-13-17)24(43-27)20(37)19(36)16-10-4-1-5-11-16/h1-15,20,24,27,37,41-42H,(H3,32,33,34,44)/t20?,24-,27-,30-,31+/m1/s1. The number of nitrogens with zero attached hydrogens (tertiary/aromatic N) is 2. The van der Waals surface area contributed by atoms with Crippen molar-refractivity contribution in [3.8, 4) is 0 Å². The van der Waals surface area contributed by atoms with Crippen LogP contribution in [-0.2, 0) is 4.74 Å². The fourth-order valence-corrected chi connectivity index (χ4v) is 6.72. The Morgan fingerprint density at radius 1 is 0.889 bits per heavy atom. The van der Waals surface area contributed by atoms with E-state index in [9.17, 15) is 34.5 Å². The second-order valence-corrected chi connectivity index (χ2v) is 11.7. The van der Waals surface area contributed by atoms with Gasteiger partial charge in [-0.2, -0.15) is 4.98 Å². The summed E-state index contributed by atoms with van der Waals surface area (Å²) in [6.45, 7) is 0. The molecule has 14 heteroatoms. The number of hydrogen-bond donors (Lipinski definition) is 5. The van der Waals surface area contributed by atoms with E-state index in [1.165, 1.54) is 72.8 Å². The van der Waals surface area contributed by atoms with Crippen molar-refractivity contribution in [1.82, 2.24) is 14.5 Å². The number of aliphatic hydroxyl groups is 3. The van der Waals surface area contributed by atoms with Crippen molar-refractivity contribution in [3.63, 3.8) is 0 Å². The van der Waals surface area contributed by atoms with Gasteiger partial charge in [0.1, 0.15) is 21.5 Å². The van der Waals surface area contributed by atoms with Crippen LogP contribution < -0.4 is 10.6 Å². The van der Waals surface area contributed by atoms with Crippen LogP contribution in [0.3, 0.4) is 0 Å². The molecule has 45 heavy (non-hydrogen) atoms. The SMILES string of the molecule is Nc1nc2c(sc(=O)n2[C@@H]2O[C@H](C(O)C(=O)c3ccccc3)[C@](O)(C(=O)c3ccccc3)[C@]2(O)C(=O)c2ccccc2)c(=S)[nH]1. The van der Waals surface area contributed by atoms with Crippen LogP contribution >= 0.6 is 23.6 Å². The third-order valence-electron chi connectivity index (χ3n) is 7.73. The number of nitrogen functional groups attached to an aromatic ring is 1. The van der Waals surface area contributed by atoms with Crippen LogP contribution in [0.5, 0.6) is 0 Å². The van der Waals surface area contributed by atoms with Gasteiger partial charge < -0.3 is 30.8 Å². The van der Waals surface area contributed by atoms with Gasteiger partial charge in [-0.15, -0.1) is 0 Å². The minimum Gasteiger partial charge on any atom is -0.382 e. The average Bonchev–Trinajstić information content (AvgIpc) is 3.51. The van der Waals surface area contributed by atoms with Crippen molar-refractivity contribution in [3.05, 3.63) is 122 Å². The number of hydrogen-bond acceptors (Lipinski definition) is 12. The fourth-order valence-electron chi connectivity index (χ4n) is 5.56. The van der Waals surface area contributed by atoms with Crippen LogP contribution in [0.15, 0.2) is 95.8 Å². The molecule has 0 amide bonds. The highest BCUT2D eigenvalue weighted by atomic mass is 32.1. The normalized spacial score (nSPS) is 23.5. The Morgan fingerprint density at radius 3 is 1.91 bits per heavy atom. The molecule has 0 radical (unpaired) electrons. The lowest BCUT2D eigenvalue weighted by Gasteiger charge is -2.39.